The zero-order valence-electron chi connectivity index (χ0n) is 19.7. The van der Waals surface area contributed by atoms with Crippen molar-refractivity contribution < 1.29 is 27.8 Å². The first kappa shape index (κ1) is 24.3. The van der Waals surface area contributed by atoms with Gasteiger partial charge in [0.05, 0.1) is 36.7 Å². The fourth-order valence-corrected chi connectivity index (χ4v) is 5.02. The topological polar surface area (TPSA) is 74.7 Å². The summed E-state index contributed by atoms with van der Waals surface area (Å²) in [5, 5.41) is 12.6. The van der Waals surface area contributed by atoms with Gasteiger partial charge < -0.3 is 20.1 Å². The van der Waals surface area contributed by atoms with Gasteiger partial charge >= 0.3 is 6.18 Å². The van der Waals surface area contributed by atoms with Crippen molar-refractivity contribution in [3.8, 4) is 11.1 Å². The van der Waals surface area contributed by atoms with Crippen LogP contribution in [-0.2, 0) is 17.3 Å². The number of halogens is 3. The van der Waals surface area contributed by atoms with E-state index in [1.807, 2.05) is 13.0 Å². The molecule has 1 fully saturated rings. The molecule has 0 bridgehead atoms. The summed E-state index contributed by atoms with van der Waals surface area (Å²) >= 11 is 0. The molecular weight excluding hydrogens is 471 g/mol. The Balaban J connectivity index is 1.43. The minimum Gasteiger partial charge on any atom is -0.396 e. The average molecular weight is 498 g/mol. The number of aliphatic hydroxyl groups excluding tert-OH is 1. The number of nitrogens with one attached hydrogen (secondary N) is 1. The van der Waals surface area contributed by atoms with Gasteiger partial charge in [-0.15, -0.1) is 0 Å². The molecule has 2 aromatic carbocycles. The Morgan fingerprint density at radius 3 is 2.83 bits per heavy atom. The maximum atomic E-state index is 13.0. The quantitative estimate of drug-likeness (QED) is 0.547. The molecule has 36 heavy (non-hydrogen) atoms. The third-order valence-corrected chi connectivity index (χ3v) is 6.93. The van der Waals surface area contributed by atoms with E-state index in [0.29, 0.717) is 18.9 Å². The fraction of sp³-hybridized carbons (Fsp3) is 0.333. The molecule has 2 atom stereocenters. The van der Waals surface area contributed by atoms with Crippen molar-refractivity contribution in [2.45, 2.75) is 25.6 Å². The molecule has 0 radical (unpaired) electrons. The highest BCUT2D eigenvalue weighted by molar-refractivity contribution is 6.04. The van der Waals surface area contributed by atoms with Gasteiger partial charge in [0.1, 0.15) is 0 Å². The number of aliphatic hydroxyl groups is 1. The van der Waals surface area contributed by atoms with Crippen LogP contribution in [0.5, 0.6) is 0 Å². The molecule has 0 unspecified atom stereocenters. The lowest BCUT2D eigenvalue weighted by Crippen LogP contribution is -2.53. The number of aromatic nitrogens is 1. The van der Waals surface area contributed by atoms with Crippen LogP contribution in [0.15, 0.2) is 54.7 Å². The van der Waals surface area contributed by atoms with E-state index < -0.39 is 17.6 Å². The molecule has 1 saturated heterocycles. The Labute approximate surface area is 206 Å². The van der Waals surface area contributed by atoms with Crippen molar-refractivity contribution in [2.75, 3.05) is 36.6 Å². The number of ether oxygens (including phenoxy) is 1. The van der Waals surface area contributed by atoms with Gasteiger partial charge in [-0.25, -0.2) is 0 Å². The van der Waals surface area contributed by atoms with Crippen molar-refractivity contribution in [3.63, 3.8) is 0 Å². The lowest BCUT2D eigenvalue weighted by molar-refractivity contribution is -0.137. The minimum atomic E-state index is -4.53. The van der Waals surface area contributed by atoms with E-state index in [1.165, 1.54) is 18.3 Å². The van der Waals surface area contributed by atoms with Crippen LogP contribution in [0.25, 0.3) is 11.1 Å². The second-order valence-electron chi connectivity index (χ2n) is 9.22. The van der Waals surface area contributed by atoms with Gasteiger partial charge in [-0.05, 0) is 54.8 Å². The summed E-state index contributed by atoms with van der Waals surface area (Å²) in [7, 11) is 0. The second-order valence-corrected chi connectivity index (χ2v) is 9.22. The standard InChI is InChI=1S/C27H26F3N3O3/c1-16-23(12-22(13-31-16)32-26(35)19-3-2-4-21(10-19)27(28,29)30)17-5-6-18-9-20(14-34)25-15-36-8-7-33(25)24(18)11-17/h2-6,10-13,20,25,34H,7-9,14-15H2,1H3,(H,32,35)/t20-,25-/m0/s1. The van der Waals surface area contributed by atoms with Crippen molar-refractivity contribution in [2.24, 2.45) is 5.92 Å². The molecule has 0 aliphatic carbocycles. The maximum Gasteiger partial charge on any atom is 0.416 e. The van der Waals surface area contributed by atoms with E-state index in [9.17, 15) is 23.1 Å². The first-order valence-electron chi connectivity index (χ1n) is 11.8. The zero-order valence-corrected chi connectivity index (χ0v) is 19.7. The number of alkyl halides is 3. The Morgan fingerprint density at radius 1 is 1.22 bits per heavy atom. The first-order valence-corrected chi connectivity index (χ1v) is 11.8. The number of carbonyl (C=O) groups is 1. The molecular formula is C27H26F3N3O3. The van der Waals surface area contributed by atoms with E-state index in [4.69, 9.17) is 4.74 Å². The highest BCUT2D eigenvalue weighted by Crippen LogP contribution is 2.39. The number of morpholine rings is 1. The third kappa shape index (κ3) is 4.68. The van der Waals surface area contributed by atoms with E-state index >= 15 is 0 Å². The number of hydrogen-bond donors (Lipinski definition) is 2. The van der Waals surface area contributed by atoms with Gasteiger partial charge in [-0.1, -0.05) is 18.2 Å². The number of amides is 1. The molecule has 0 spiro atoms. The Kier molecular flexibility index (Phi) is 6.44. The predicted molar refractivity (Wildman–Crippen MR) is 130 cm³/mol. The summed E-state index contributed by atoms with van der Waals surface area (Å²) in [6, 6.07) is 12.4. The third-order valence-electron chi connectivity index (χ3n) is 6.93. The van der Waals surface area contributed by atoms with Crippen LogP contribution in [-0.4, -0.2) is 48.4 Å². The van der Waals surface area contributed by atoms with Crippen LogP contribution in [0.3, 0.4) is 0 Å². The van der Waals surface area contributed by atoms with E-state index in [2.05, 4.69) is 27.3 Å². The number of hydrogen-bond acceptors (Lipinski definition) is 5. The van der Waals surface area contributed by atoms with Crippen molar-refractivity contribution >= 4 is 17.3 Å². The molecule has 5 rings (SSSR count). The van der Waals surface area contributed by atoms with Crippen LogP contribution in [0, 0.1) is 12.8 Å². The van der Waals surface area contributed by atoms with Crippen LogP contribution in [0.4, 0.5) is 24.5 Å². The van der Waals surface area contributed by atoms with Crippen LogP contribution < -0.4 is 10.2 Å². The summed E-state index contributed by atoms with van der Waals surface area (Å²) in [5.74, 6) is -0.532. The molecule has 6 nitrogen and oxygen atoms in total. The smallest absolute Gasteiger partial charge is 0.396 e. The van der Waals surface area contributed by atoms with E-state index in [1.54, 1.807) is 6.07 Å². The molecule has 0 saturated carbocycles. The Hall–Kier alpha value is -3.43. The number of anilines is 2. The van der Waals surface area contributed by atoms with Crippen LogP contribution >= 0.6 is 0 Å². The SMILES string of the molecule is Cc1ncc(NC(=O)c2cccc(C(F)(F)F)c2)cc1-c1ccc2c(c1)N1CCOC[C@H]1[C@H](CO)C2. The van der Waals surface area contributed by atoms with Crippen LogP contribution in [0.2, 0.25) is 0 Å². The molecule has 188 valence electrons. The normalized spacial score (nSPS) is 19.4. The molecule has 3 aromatic rings. The fourth-order valence-electron chi connectivity index (χ4n) is 5.02. The maximum absolute atomic E-state index is 13.0. The molecule has 2 aliphatic rings. The predicted octanol–water partition coefficient (Wildman–Crippen LogP) is 4.70. The van der Waals surface area contributed by atoms with Crippen molar-refractivity contribution in [1.29, 1.82) is 0 Å². The average Bonchev–Trinajstić information content (AvgIpc) is 2.88. The summed E-state index contributed by atoms with van der Waals surface area (Å²) < 4.78 is 44.8. The van der Waals surface area contributed by atoms with Gasteiger partial charge in [-0.2, -0.15) is 13.2 Å². The van der Waals surface area contributed by atoms with E-state index in [0.717, 1.165) is 53.2 Å². The van der Waals surface area contributed by atoms with Crippen molar-refractivity contribution in [1.82, 2.24) is 4.98 Å². The first-order chi connectivity index (χ1) is 17.2. The van der Waals surface area contributed by atoms with Crippen LogP contribution in [0.1, 0.15) is 27.2 Å². The molecule has 2 aliphatic heterocycles. The largest absolute Gasteiger partial charge is 0.416 e. The Bertz CT molecular complexity index is 1290. The monoisotopic (exact) mass is 497 g/mol. The molecule has 1 aromatic heterocycles. The summed E-state index contributed by atoms with van der Waals surface area (Å²) in [4.78, 5) is 19.4. The van der Waals surface area contributed by atoms with Gasteiger partial charge in [0.15, 0.2) is 0 Å². The number of nitrogens with zero attached hydrogens (tertiary/aromatic N) is 2. The zero-order chi connectivity index (χ0) is 25.4. The number of pyridine rings is 1. The Morgan fingerprint density at radius 2 is 2.06 bits per heavy atom. The highest BCUT2D eigenvalue weighted by Gasteiger charge is 2.36. The number of benzene rings is 2. The second kappa shape index (κ2) is 9.55. The number of aryl methyl sites for hydroxylation is 1. The summed E-state index contributed by atoms with van der Waals surface area (Å²) in [5.41, 5.74) is 4.18. The number of fused-ring (bicyclic) bond motifs is 3. The number of carbonyl (C=O) groups excluding carboxylic acids is 1. The molecule has 3 heterocycles. The van der Waals surface area contributed by atoms with Gasteiger partial charge in [0.25, 0.3) is 5.91 Å². The highest BCUT2D eigenvalue weighted by atomic mass is 19.4. The van der Waals surface area contributed by atoms with Gasteiger partial charge in [-0.3, -0.25) is 9.78 Å². The number of rotatable bonds is 4. The minimum absolute atomic E-state index is 0.0856. The summed E-state index contributed by atoms with van der Waals surface area (Å²) in [6.07, 6.45) is -2.27. The molecule has 2 N–H and O–H groups in total. The lowest BCUT2D eigenvalue weighted by atomic mass is 9.84. The van der Waals surface area contributed by atoms with Gasteiger partial charge in [0, 0.05) is 41.6 Å². The molecule has 1 amide bonds. The van der Waals surface area contributed by atoms with E-state index in [-0.39, 0.29) is 24.1 Å². The van der Waals surface area contributed by atoms with Gasteiger partial charge in [0.2, 0.25) is 0 Å². The lowest BCUT2D eigenvalue weighted by Gasteiger charge is -2.46. The molecule has 9 heteroatoms. The summed E-state index contributed by atoms with van der Waals surface area (Å²) in [6.45, 7) is 3.90. The van der Waals surface area contributed by atoms with Crippen molar-refractivity contribution in [3.05, 3.63) is 77.1 Å².